The quantitative estimate of drug-likeness (QED) is 0.760. The van der Waals surface area contributed by atoms with Gasteiger partial charge in [-0.3, -0.25) is 10.1 Å². The van der Waals surface area contributed by atoms with Crippen LogP contribution >= 0.6 is 0 Å². The van der Waals surface area contributed by atoms with E-state index in [9.17, 15) is 4.79 Å². The summed E-state index contributed by atoms with van der Waals surface area (Å²) in [6.45, 7) is 3.57. The van der Waals surface area contributed by atoms with Crippen molar-refractivity contribution >= 4 is 11.8 Å². The highest BCUT2D eigenvalue weighted by Crippen LogP contribution is 2.14. The van der Waals surface area contributed by atoms with E-state index >= 15 is 0 Å². The molecule has 1 amide bonds. The van der Waals surface area contributed by atoms with E-state index < -0.39 is 0 Å². The summed E-state index contributed by atoms with van der Waals surface area (Å²) in [7, 11) is 0. The molecule has 1 aromatic heterocycles. The maximum Gasteiger partial charge on any atom is 0.231 e. The topological polar surface area (TPSA) is 67.2 Å². The first-order chi connectivity index (χ1) is 7.25. The molecule has 2 heterocycles. The molecule has 0 aromatic carbocycles. The van der Waals surface area contributed by atoms with Gasteiger partial charge in [-0.2, -0.15) is 0 Å². The smallest absolute Gasteiger partial charge is 0.231 e. The summed E-state index contributed by atoms with van der Waals surface area (Å²) >= 11 is 0. The number of carbonyl (C=O) groups excluding carboxylic acids is 1. The summed E-state index contributed by atoms with van der Waals surface area (Å²) in [5.41, 5.74) is 0.770. The number of aromatic nitrogens is 1. The molecule has 0 aliphatic carbocycles. The third-order valence-corrected chi connectivity index (χ3v) is 2.54. The molecule has 1 saturated heterocycles. The van der Waals surface area contributed by atoms with Gasteiger partial charge in [0.1, 0.15) is 0 Å². The van der Waals surface area contributed by atoms with E-state index in [0.29, 0.717) is 5.88 Å². The Morgan fingerprint density at radius 2 is 2.60 bits per heavy atom. The second-order valence-corrected chi connectivity index (χ2v) is 3.87. The van der Waals surface area contributed by atoms with E-state index in [4.69, 9.17) is 4.52 Å². The Kier molecular flexibility index (Phi) is 3.01. The van der Waals surface area contributed by atoms with Crippen molar-refractivity contribution in [2.75, 3.05) is 18.4 Å². The van der Waals surface area contributed by atoms with Crippen LogP contribution in [-0.2, 0) is 4.79 Å². The van der Waals surface area contributed by atoms with Gasteiger partial charge in [0.15, 0.2) is 0 Å². The molecule has 0 radical (unpaired) electrons. The molecular weight excluding hydrogens is 194 g/mol. The number of amides is 1. The Balaban J connectivity index is 1.91. The molecule has 1 aromatic rings. The number of rotatable bonds is 2. The van der Waals surface area contributed by atoms with Gasteiger partial charge >= 0.3 is 0 Å². The molecule has 2 N–H and O–H groups in total. The maximum atomic E-state index is 11.7. The molecule has 0 spiro atoms. The van der Waals surface area contributed by atoms with Gasteiger partial charge in [-0.15, -0.1) is 0 Å². The summed E-state index contributed by atoms with van der Waals surface area (Å²) in [4.78, 5) is 11.7. The zero-order valence-corrected chi connectivity index (χ0v) is 8.75. The van der Waals surface area contributed by atoms with Gasteiger partial charge in [-0.1, -0.05) is 5.16 Å². The van der Waals surface area contributed by atoms with E-state index in [1.54, 1.807) is 6.07 Å². The number of carbonyl (C=O) groups is 1. The SMILES string of the molecule is Cc1cc(NC(=O)[C@H]2CCCNC2)on1. The Morgan fingerprint density at radius 1 is 1.73 bits per heavy atom. The predicted molar refractivity (Wildman–Crippen MR) is 55.5 cm³/mol. The highest BCUT2D eigenvalue weighted by Gasteiger charge is 2.21. The van der Waals surface area contributed by atoms with Crippen LogP contribution in [0.15, 0.2) is 10.6 Å². The van der Waals surface area contributed by atoms with Gasteiger partial charge in [0.05, 0.1) is 11.6 Å². The van der Waals surface area contributed by atoms with Crippen LogP contribution in [0.5, 0.6) is 0 Å². The lowest BCUT2D eigenvalue weighted by Gasteiger charge is -2.20. The standard InChI is InChI=1S/C10H15N3O2/c1-7-5-9(15-13-7)12-10(14)8-3-2-4-11-6-8/h5,8,11H,2-4,6H2,1H3,(H,12,14)/t8-/m0/s1. The fourth-order valence-electron chi connectivity index (χ4n) is 1.72. The van der Waals surface area contributed by atoms with Gasteiger partial charge in [0.25, 0.3) is 0 Å². The average molecular weight is 209 g/mol. The highest BCUT2D eigenvalue weighted by atomic mass is 16.5. The minimum atomic E-state index is 0.0124. The van der Waals surface area contributed by atoms with Crippen LogP contribution in [0.2, 0.25) is 0 Å². The van der Waals surface area contributed by atoms with Crippen molar-refractivity contribution in [2.24, 2.45) is 5.92 Å². The molecule has 0 unspecified atom stereocenters. The van der Waals surface area contributed by atoms with Gasteiger partial charge < -0.3 is 9.84 Å². The molecular formula is C10H15N3O2. The number of hydrogen-bond acceptors (Lipinski definition) is 4. The molecule has 15 heavy (non-hydrogen) atoms. The minimum Gasteiger partial charge on any atom is -0.338 e. The number of nitrogens with one attached hydrogen (secondary N) is 2. The van der Waals surface area contributed by atoms with Crippen LogP contribution in [0.25, 0.3) is 0 Å². The monoisotopic (exact) mass is 209 g/mol. The van der Waals surface area contributed by atoms with Crippen LogP contribution < -0.4 is 10.6 Å². The molecule has 0 saturated carbocycles. The summed E-state index contributed by atoms with van der Waals surface area (Å²) in [5.74, 6) is 0.491. The molecule has 5 nitrogen and oxygen atoms in total. The fourth-order valence-corrected chi connectivity index (χ4v) is 1.72. The lowest BCUT2D eigenvalue weighted by atomic mass is 9.99. The summed E-state index contributed by atoms with van der Waals surface area (Å²) in [6.07, 6.45) is 1.99. The second kappa shape index (κ2) is 4.44. The average Bonchev–Trinajstić information content (AvgIpc) is 2.65. The zero-order chi connectivity index (χ0) is 10.7. The predicted octanol–water partition coefficient (Wildman–Crippen LogP) is 0.921. The summed E-state index contributed by atoms with van der Waals surface area (Å²) in [5, 5.41) is 9.63. The third kappa shape index (κ3) is 2.56. The van der Waals surface area contributed by atoms with Crippen LogP contribution in [0.3, 0.4) is 0 Å². The van der Waals surface area contributed by atoms with Crippen molar-refractivity contribution in [3.05, 3.63) is 11.8 Å². The molecule has 82 valence electrons. The molecule has 1 aliphatic rings. The number of nitrogens with zero attached hydrogens (tertiary/aromatic N) is 1. The molecule has 1 atom stereocenters. The van der Waals surface area contributed by atoms with E-state index in [1.807, 2.05) is 6.92 Å². The molecule has 1 fully saturated rings. The maximum absolute atomic E-state index is 11.7. The Labute approximate surface area is 88.2 Å². The van der Waals surface area contributed by atoms with Gasteiger partial charge in [0, 0.05) is 12.6 Å². The highest BCUT2D eigenvalue weighted by molar-refractivity contribution is 5.91. The van der Waals surface area contributed by atoms with Gasteiger partial charge in [-0.25, -0.2) is 0 Å². The van der Waals surface area contributed by atoms with E-state index in [-0.39, 0.29) is 11.8 Å². The minimum absolute atomic E-state index is 0.0124. The summed E-state index contributed by atoms with van der Waals surface area (Å²) in [6, 6.07) is 1.72. The van der Waals surface area contributed by atoms with Crippen molar-refractivity contribution in [3.63, 3.8) is 0 Å². The third-order valence-electron chi connectivity index (χ3n) is 2.54. The van der Waals surface area contributed by atoms with Crippen LogP contribution in [-0.4, -0.2) is 24.2 Å². The number of aryl methyl sites for hydroxylation is 1. The summed E-state index contributed by atoms with van der Waals surface area (Å²) < 4.78 is 4.92. The molecule has 1 aliphatic heterocycles. The number of anilines is 1. The van der Waals surface area contributed by atoms with Gasteiger partial charge in [-0.05, 0) is 26.3 Å². The largest absolute Gasteiger partial charge is 0.338 e. The van der Waals surface area contributed by atoms with Crippen molar-refractivity contribution in [1.82, 2.24) is 10.5 Å². The first kappa shape index (κ1) is 10.2. The lowest BCUT2D eigenvalue weighted by Crippen LogP contribution is -2.37. The number of hydrogen-bond donors (Lipinski definition) is 2. The lowest BCUT2D eigenvalue weighted by molar-refractivity contribution is -0.120. The van der Waals surface area contributed by atoms with Crippen LogP contribution in [0, 0.1) is 12.8 Å². The molecule has 5 heteroatoms. The first-order valence-corrected chi connectivity index (χ1v) is 5.20. The van der Waals surface area contributed by atoms with Gasteiger partial charge in [0.2, 0.25) is 11.8 Å². The number of piperidine rings is 1. The van der Waals surface area contributed by atoms with Crippen molar-refractivity contribution in [3.8, 4) is 0 Å². The molecule has 0 bridgehead atoms. The van der Waals surface area contributed by atoms with E-state index in [2.05, 4.69) is 15.8 Å². The Morgan fingerprint density at radius 3 is 3.20 bits per heavy atom. The van der Waals surface area contributed by atoms with Crippen LogP contribution in [0.1, 0.15) is 18.5 Å². The molecule has 2 rings (SSSR count). The second-order valence-electron chi connectivity index (χ2n) is 3.87. The zero-order valence-electron chi connectivity index (χ0n) is 8.75. The van der Waals surface area contributed by atoms with Crippen molar-refractivity contribution in [2.45, 2.75) is 19.8 Å². The first-order valence-electron chi connectivity index (χ1n) is 5.20. The van der Waals surface area contributed by atoms with E-state index in [0.717, 1.165) is 31.6 Å². The fraction of sp³-hybridized carbons (Fsp3) is 0.600. The normalized spacial score (nSPS) is 21.3. The van der Waals surface area contributed by atoms with E-state index in [1.165, 1.54) is 0 Å². The van der Waals surface area contributed by atoms with Crippen molar-refractivity contribution in [1.29, 1.82) is 0 Å². The van der Waals surface area contributed by atoms with Crippen LogP contribution in [0.4, 0.5) is 5.88 Å². The van der Waals surface area contributed by atoms with Crippen molar-refractivity contribution < 1.29 is 9.32 Å². The Hall–Kier alpha value is -1.36. The Bertz CT molecular complexity index is 342.